The lowest BCUT2D eigenvalue weighted by molar-refractivity contribution is -0.127. The van der Waals surface area contributed by atoms with Crippen LogP contribution in [0.3, 0.4) is 0 Å². The summed E-state index contributed by atoms with van der Waals surface area (Å²) in [6.07, 6.45) is 4.46. The molecule has 0 unspecified atom stereocenters. The number of ether oxygens (including phenoxy) is 1. The minimum Gasteiger partial charge on any atom is -0.457 e. The van der Waals surface area contributed by atoms with E-state index in [1.165, 1.54) is 36.7 Å². The summed E-state index contributed by atoms with van der Waals surface area (Å²) in [4.78, 5) is 23.3. The van der Waals surface area contributed by atoms with E-state index in [2.05, 4.69) is 15.1 Å². The highest BCUT2D eigenvalue weighted by Gasteiger charge is 2.32. The van der Waals surface area contributed by atoms with Crippen molar-refractivity contribution >= 4 is 22.8 Å². The summed E-state index contributed by atoms with van der Waals surface area (Å²) in [7, 11) is 0. The second-order valence-corrected chi connectivity index (χ2v) is 9.92. The number of amides is 1. The number of nitrogen functional groups attached to an aromatic ring is 1. The molecular formula is C29H27F2N7O2. The maximum Gasteiger partial charge on any atom is 0.264 e. The van der Waals surface area contributed by atoms with Gasteiger partial charge in [0, 0.05) is 24.2 Å². The highest BCUT2D eigenvalue weighted by Crippen LogP contribution is 2.35. The molecule has 1 aliphatic heterocycles. The summed E-state index contributed by atoms with van der Waals surface area (Å²) in [5, 5.41) is 14.6. The number of fused-ring (bicyclic) bond motifs is 1. The van der Waals surface area contributed by atoms with Gasteiger partial charge in [0.15, 0.2) is 5.65 Å². The number of nitrogens with zero attached hydrogens (tertiary/aromatic N) is 6. The van der Waals surface area contributed by atoms with Gasteiger partial charge in [-0.25, -0.2) is 23.4 Å². The molecule has 3 heterocycles. The molecule has 1 aliphatic rings. The maximum absolute atomic E-state index is 15.4. The molecule has 9 nitrogen and oxygen atoms in total. The van der Waals surface area contributed by atoms with Crippen LogP contribution in [0.1, 0.15) is 26.7 Å². The molecule has 0 aliphatic carbocycles. The van der Waals surface area contributed by atoms with Crippen molar-refractivity contribution in [1.29, 1.82) is 5.26 Å². The van der Waals surface area contributed by atoms with E-state index in [4.69, 9.17) is 10.5 Å². The topological polar surface area (TPSA) is 123 Å². The van der Waals surface area contributed by atoms with Crippen LogP contribution in [-0.2, 0) is 11.3 Å². The predicted octanol–water partition coefficient (Wildman–Crippen LogP) is 5.24. The van der Waals surface area contributed by atoms with E-state index < -0.39 is 11.6 Å². The van der Waals surface area contributed by atoms with Crippen LogP contribution in [0, 0.1) is 28.9 Å². The zero-order valence-corrected chi connectivity index (χ0v) is 22.0. The van der Waals surface area contributed by atoms with Crippen molar-refractivity contribution in [1.82, 2.24) is 24.6 Å². The number of allylic oxidation sites excluding steroid dienone is 1. The van der Waals surface area contributed by atoms with Crippen LogP contribution in [0.2, 0.25) is 0 Å². The number of rotatable bonds is 7. The lowest BCUT2D eigenvalue weighted by Crippen LogP contribution is -2.39. The SMILES string of the molecule is CC(C)/C=C(\C#N)C(=O)N1CCC[C@H]1Cn1nc(-c2ccc(Oc3cccc(F)c3)cc2F)c2c(N)ncnc21. The van der Waals surface area contributed by atoms with Crippen molar-refractivity contribution in [3.8, 4) is 28.8 Å². The van der Waals surface area contributed by atoms with Crippen LogP contribution in [0.15, 0.2) is 60.4 Å². The number of nitrogens with two attached hydrogens (primary N) is 1. The van der Waals surface area contributed by atoms with Gasteiger partial charge >= 0.3 is 0 Å². The van der Waals surface area contributed by atoms with Gasteiger partial charge in [-0.15, -0.1) is 0 Å². The molecule has 0 bridgehead atoms. The van der Waals surface area contributed by atoms with Gasteiger partial charge in [-0.3, -0.25) is 4.79 Å². The Balaban J connectivity index is 1.47. The van der Waals surface area contributed by atoms with Gasteiger partial charge in [-0.1, -0.05) is 26.0 Å². The van der Waals surface area contributed by atoms with Gasteiger partial charge in [-0.2, -0.15) is 10.4 Å². The summed E-state index contributed by atoms with van der Waals surface area (Å²) in [6, 6.07) is 11.6. The van der Waals surface area contributed by atoms with Gasteiger partial charge in [0.2, 0.25) is 0 Å². The van der Waals surface area contributed by atoms with E-state index in [1.54, 1.807) is 27.8 Å². The number of hydrogen-bond acceptors (Lipinski definition) is 7. The van der Waals surface area contributed by atoms with Crippen molar-refractivity contribution in [3.05, 3.63) is 72.1 Å². The second-order valence-electron chi connectivity index (χ2n) is 9.92. The summed E-state index contributed by atoms with van der Waals surface area (Å²) >= 11 is 0. The Morgan fingerprint density at radius 1 is 1.23 bits per heavy atom. The maximum atomic E-state index is 15.4. The molecule has 204 valence electrons. The minimum atomic E-state index is -0.626. The Morgan fingerprint density at radius 2 is 2.02 bits per heavy atom. The third kappa shape index (κ3) is 5.33. The third-order valence-electron chi connectivity index (χ3n) is 6.66. The first-order valence-corrected chi connectivity index (χ1v) is 12.9. The summed E-state index contributed by atoms with van der Waals surface area (Å²) in [5.41, 5.74) is 7.11. The van der Waals surface area contributed by atoms with Gasteiger partial charge in [0.1, 0.15) is 52.6 Å². The Bertz CT molecular complexity index is 1660. The molecule has 1 atom stereocenters. The van der Waals surface area contributed by atoms with Crippen LogP contribution in [0.5, 0.6) is 11.5 Å². The largest absolute Gasteiger partial charge is 0.457 e. The normalized spacial score (nSPS) is 15.6. The molecular weight excluding hydrogens is 516 g/mol. The molecule has 4 aromatic rings. The average Bonchev–Trinajstić information content (AvgIpc) is 3.53. The summed E-state index contributed by atoms with van der Waals surface area (Å²) in [6.45, 7) is 4.62. The number of likely N-dealkylation sites (tertiary alicyclic amines) is 1. The third-order valence-corrected chi connectivity index (χ3v) is 6.66. The fourth-order valence-corrected chi connectivity index (χ4v) is 4.90. The van der Waals surface area contributed by atoms with Gasteiger partial charge < -0.3 is 15.4 Å². The highest BCUT2D eigenvalue weighted by atomic mass is 19.1. The monoisotopic (exact) mass is 543 g/mol. The average molecular weight is 544 g/mol. The van der Waals surface area contributed by atoms with E-state index >= 15 is 4.39 Å². The van der Waals surface area contributed by atoms with Gasteiger partial charge in [0.25, 0.3) is 5.91 Å². The number of anilines is 1. The van der Waals surface area contributed by atoms with Gasteiger partial charge in [0.05, 0.1) is 18.0 Å². The zero-order chi connectivity index (χ0) is 28.4. The number of benzene rings is 2. The van der Waals surface area contributed by atoms with E-state index in [0.717, 1.165) is 6.42 Å². The highest BCUT2D eigenvalue weighted by molar-refractivity contribution is 5.99. The standard InChI is InChI=1S/C29H27F2N7O2/c1-17(2)11-18(14-32)29(39)37-10-4-6-20(37)15-38-28-25(27(33)34-16-35-28)26(36-38)23-9-8-22(13-24(23)31)40-21-7-3-5-19(30)12-21/h3,5,7-9,11-13,16-17,20H,4,6,10,15H2,1-2H3,(H2,33,34,35)/b18-11+/t20-/m0/s1. The Morgan fingerprint density at radius 3 is 2.75 bits per heavy atom. The van der Waals surface area contributed by atoms with Gasteiger partial charge in [-0.05, 0) is 43.0 Å². The molecule has 0 spiro atoms. The molecule has 0 saturated carbocycles. The molecule has 40 heavy (non-hydrogen) atoms. The van der Waals surface area contributed by atoms with E-state index in [0.29, 0.717) is 24.0 Å². The fraction of sp³-hybridized carbons (Fsp3) is 0.276. The number of nitriles is 1. The van der Waals surface area contributed by atoms with Crippen LogP contribution in [-0.4, -0.2) is 43.1 Å². The van der Waals surface area contributed by atoms with Crippen molar-refractivity contribution in [2.45, 2.75) is 39.3 Å². The van der Waals surface area contributed by atoms with E-state index in [1.807, 2.05) is 19.9 Å². The molecule has 2 N–H and O–H groups in total. The van der Waals surface area contributed by atoms with Crippen LogP contribution < -0.4 is 10.5 Å². The molecule has 11 heteroatoms. The van der Waals surface area contributed by atoms with Crippen LogP contribution in [0.25, 0.3) is 22.3 Å². The van der Waals surface area contributed by atoms with Crippen LogP contribution in [0.4, 0.5) is 14.6 Å². The summed E-state index contributed by atoms with van der Waals surface area (Å²) < 4.78 is 36.1. The number of halogens is 2. The lowest BCUT2D eigenvalue weighted by atomic mass is 10.1. The number of carbonyl (C=O) groups excluding carboxylic acids is 1. The van der Waals surface area contributed by atoms with Crippen LogP contribution >= 0.6 is 0 Å². The first kappa shape index (κ1) is 26.7. The molecule has 2 aromatic heterocycles. The fourth-order valence-electron chi connectivity index (χ4n) is 4.90. The Labute approximate surface area is 229 Å². The molecule has 5 rings (SSSR count). The van der Waals surface area contributed by atoms with Crippen molar-refractivity contribution in [2.75, 3.05) is 12.3 Å². The first-order chi connectivity index (χ1) is 19.2. The Hall–Kier alpha value is -4.85. The number of hydrogen-bond donors (Lipinski definition) is 1. The smallest absolute Gasteiger partial charge is 0.264 e. The minimum absolute atomic E-state index is 0.0532. The van der Waals surface area contributed by atoms with E-state index in [9.17, 15) is 14.4 Å². The summed E-state index contributed by atoms with van der Waals surface area (Å²) in [5.74, 6) is -0.803. The number of aromatic nitrogens is 4. The zero-order valence-electron chi connectivity index (χ0n) is 22.0. The van der Waals surface area contributed by atoms with Crippen molar-refractivity contribution in [3.63, 3.8) is 0 Å². The Kier molecular flexibility index (Phi) is 7.42. The second kappa shape index (κ2) is 11.1. The molecule has 1 amide bonds. The van der Waals surface area contributed by atoms with E-state index in [-0.39, 0.29) is 58.6 Å². The van der Waals surface area contributed by atoms with Crippen molar-refractivity contribution < 1.29 is 18.3 Å². The molecule has 1 saturated heterocycles. The first-order valence-electron chi connectivity index (χ1n) is 12.9. The predicted molar refractivity (Wildman–Crippen MR) is 145 cm³/mol. The quantitative estimate of drug-likeness (QED) is 0.250. The number of carbonyl (C=O) groups is 1. The lowest BCUT2D eigenvalue weighted by Gasteiger charge is -2.24. The van der Waals surface area contributed by atoms with Crippen molar-refractivity contribution in [2.24, 2.45) is 5.92 Å². The molecule has 2 aromatic carbocycles. The molecule has 1 fully saturated rings. The molecule has 0 radical (unpaired) electrons.